The van der Waals surface area contributed by atoms with E-state index in [9.17, 15) is 12.8 Å². The van der Waals surface area contributed by atoms with Crippen molar-refractivity contribution in [2.24, 2.45) is 5.16 Å². The fraction of sp³-hybridized carbons (Fsp3) is 0.409. The first-order valence-electron chi connectivity index (χ1n) is 10.1. The molecule has 1 fully saturated rings. The fourth-order valence-corrected chi connectivity index (χ4v) is 5.12. The molecule has 0 radical (unpaired) electrons. The Hall–Kier alpha value is -1.96. The minimum absolute atomic E-state index is 0.122. The number of unbranched alkanes of at least 4 members (excludes halogenated alkanes) is 1. The van der Waals surface area contributed by atoms with Gasteiger partial charge in [-0.05, 0) is 48.2 Å². The molecule has 8 heteroatoms. The van der Waals surface area contributed by atoms with Gasteiger partial charge in [0, 0.05) is 19.5 Å². The molecule has 2 aromatic rings. The third-order valence-electron chi connectivity index (χ3n) is 5.03. The van der Waals surface area contributed by atoms with Gasteiger partial charge in [-0.2, -0.15) is 4.31 Å². The average Bonchev–Trinajstić information content (AvgIpc) is 2.73. The maximum Gasteiger partial charge on any atom is 0.243 e. The molecule has 1 aliphatic rings. The van der Waals surface area contributed by atoms with E-state index >= 15 is 0 Å². The van der Waals surface area contributed by atoms with E-state index in [0.717, 1.165) is 24.8 Å². The first-order chi connectivity index (χ1) is 14.4. The van der Waals surface area contributed by atoms with Gasteiger partial charge < -0.3 is 4.84 Å². The lowest BCUT2D eigenvalue weighted by Crippen LogP contribution is -2.44. The van der Waals surface area contributed by atoms with Crippen molar-refractivity contribution in [3.05, 3.63) is 65.5 Å². The number of hydrogen-bond acceptors (Lipinski definition) is 4. The molecule has 5 nitrogen and oxygen atoms in total. The largest absolute Gasteiger partial charge is 0.391 e. The van der Waals surface area contributed by atoms with Crippen LogP contribution in [0.5, 0.6) is 0 Å². The Morgan fingerprint density at radius 2 is 1.97 bits per heavy atom. The molecule has 0 aliphatic carbocycles. The van der Waals surface area contributed by atoms with Crippen LogP contribution in [0, 0.1) is 5.82 Å². The third kappa shape index (κ3) is 5.80. The molecular formula is C22H26ClFN2O3S. The van der Waals surface area contributed by atoms with Crippen LogP contribution in [0.15, 0.2) is 58.6 Å². The average molecular weight is 453 g/mol. The lowest BCUT2D eigenvalue weighted by atomic mass is 10.1. The van der Waals surface area contributed by atoms with Gasteiger partial charge >= 0.3 is 0 Å². The fourth-order valence-electron chi connectivity index (χ4n) is 3.27. The van der Waals surface area contributed by atoms with Crippen molar-refractivity contribution >= 4 is 27.3 Å². The lowest BCUT2D eigenvalue weighted by molar-refractivity contribution is 0.128. The van der Waals surface area contributed by atoms with Crippen molar-refractivity contribution in [1.82, 2.24) is 4.31 Å². The molecule has 1 unspecified atom stereocenters. The number of benzene rings is 2. The van der Waals surface area contributed by atoms with Crippen LogP contribution in [-0.2, 0) is 27.9 Å². The second-order valence-corrected chi connectivity index (χ2v) is 9.78. The minimum Gasteiger partial charge on any atom is -0.391 e. The molecule has 1 atom stereocenters. The summed E-state index contributed by atoms with van der Waals surface area (Å²) in [5, 5.41) is 3.48. The highest BCUT2D eigenvalue weighted by Crippen LogP contribution is 2.23. The molecule has 0 spiro atoms. The summed E-state index contributed by atoms with van der Waals surface area (Å²) in [5.41, 5.74) is 2.39. The monoisotopic (exact) mass is 452 g/mol. The molecule has 1 aliphatic heterocycles. The van der Waals surface area contributed by atoms with E-state index < -0.39 is 15.4 Å². The van der Waals surface area contributed by atoms with Crippen molar-refractivity contribution in [3.8, 4) is 0 Å². The number of hydrogen-bond donors (Lipinski definition) is 0. The molecule has 0 aromatic heterocycles. The first kappa shape index (κ1) is 22.7. The highest BCUT2D eigenvalue weighted by atomic mass is 35.5. The van der Waals surface area contributed by atoms with Crippen LogP contribution < -0.4 is 0 Å². The van der Waals surface area contributed by atoms with E-state index in [1.54, 1.807) is 24.3 Å². The second-order valence-electron chi connectivity index (χ2n) is 7.31. The summed E-state index contributed by atoms with van der Waals surface area (Å²) in [7, 11) is -3.61. The number of halogens is 2. The summed E-state index contributed by atoms with van der Waals surface area (Å²) in [6.45, 7) is 2.66. The van der Waals surface area contributed by atoms with Crippen LogP contribution in [0.3, 0.4) is 0 Å². The van der Waals surface area contributed by atoms with Crippen molar-refractivity contribution in [1.29, 1.82) is 0 Å². The predicted octanol–water partition coefficient (Wildman–Crippen LogP) is 4.74. The van der Waals surface area contributed by atoms with Gasteiger partial charge in [-0.25, -0.2) is 12.8 Å². The predicted molar refractivity (Wildman–Crippen MR) is 117 cm³/mol. The van der Waals surface area contributed by atoms with E-state index in [4.69, 9.17) is 16.4 Å². The highest BCUT2D eigenvalue weighted by molar-refractivity contribution is 7.89. The molecule has 0 N–H and O–H groups in total. The molecule has 1 saturated heterocycles. The van der Waals surface area contributed by atoms with Gasteiger partial charge in [-0.1, -0.05) is 42.8 Å². The van der Waals surface area contributed by atoms with Crippen molar-refractivity contribution in [3.63, 3.8) is 0 Å². The zero-order chi connectivity index (χ0) is 21.6. The van der Waals surface area contributed by atoms with Crippen LogP contribution in [0.1, 0.15) is 37.3 Å². The van der Waals surface area contributed by atoms with Crippen LogP contribution in [0.25, 0.3) is 0 Å². The number of rotatable bonds is 8. The molecule has 0 amide bonds. The van der Waals surface area contributed by atoms with Crippen LogP contribution in [0.4, 0.5) is 4.39 Å². The van der Waals surface area contributed by atoms with Gasteiger partial charge in [0.15, 0.2) is 0 Å². The normalized spacial score (nSPS) is 19.2. The molecule has 1 heterocycles. The molecule has 162 valence electrons. The zero-order valence-corrected chi connectivity index (χ0v) is 18.5. The van der Waals surface area contributed by atoms with Crippen LogP contribution in [-0.4, -0.2) is 36.9 Å². The second kappa shape index (κ2) is 10.4. The summed E-state index contributed by atoms with van der Waals surface area (Å²) >= 11 is 6.38. The van der Waals surface area contributed by atoms with Crippen LogP contribution >= 0.6 is 11.6 Å². The Kier molecular flexibility index (Phi) is 7.86. The molecule has 2 aromatic carbocycles. The van der Waals surface area contributed by atoms with E-state index in [0.29, 0.717) is 17.7 Å². The number of nitrogens with zero attached hydrogens (tertiary/aromatic N) is 2. The number of piperidine rings is 1. The Balaban J connectivity index is 1.59. The molecular weight excluding hydrogens is 427 g/mol. The Labute approximate surface area is 182 Å². The Bertz CT molecular complexity index is 980. The third-order valence-corrected chi connectivity index (χ3v) is 7.29. The number of sulfonamides is 1. The van der Waals surface area contributed by atoms with Gasteiger partial charge in [0.1, 0.15) is 12.4 Å². The standard InChI is InChI=1S/C22H26ClFN2O3S/c1-2-3-5-17-8-10-20(11-9-17)30(27,28)26-13-12-22(21(23)15-26)25-29-16-18-6-4-7-19(24)14-18/h4,6-11,14,21H,2-3,5,12-13,15-16H2,1H3. The van der Waals surface area contributed by atoms with Crippen molar-refractivity contribution in [2.45, 2.75) is 49.5 Å². The van der Waals surface area contributed by atoms with Gasteiger partial charge in [0.25, 0.3) is 0 Å². The van der Waals surface area contributed by atoms with Crippen molar-refractivity contribution < 1.29 is 17.6 Å². The van der Waals surface area contributed by atoms with Gasteiger partial charge in [-0.3, -0.25) is 0 Å². The minimum atomic E-state index is -3.61. The number of alkyl halides is 1. The lowest BCUT2D eigenvalue weighted by Gasteiger charge is -2.29. The molecule has 0 bridgehead atoms. The zero-order valence-electron chi connectivity index (χ0n) is 16.9. The number of oxime groups is 1. The van der Waals surface area contributed by atoms with E-state index in [1.165, 1.54) is 16.4 Å². The maximum absolute atomic E-state index is 13.2. The van der Waals surface area contributed by atoms with Gasteiger partial charge in [0.2, 0.25) is 10.0 Å². The van der Waals surface area contributed by atoms with Gasteiger partial charge in [0.05, 0.1) is 16.0 Å². The Morgan fingerprint density at radius 1 is 1.20 bits per heavy atom. The molecule has 3 rings (SSSR count). The van der Waals surface area contributed by atoms with E-state index in [-0.39, 0.29) is 30.4 Å². The first-order valence-corrected chi connectivity index (χ1v) is 11.9. The smallest absolute Gasteiger partial charge is 0.243 e. The van der Waals surface area contributed by atoms with E-state index in [2.05, 4.69) is 12.1 Å². The van der Waals surface area contributed by atoms with Crippen molar-refractivity contribution in [2.75, 3.05) is 13.1 Å². The summed E-state index contributed by atoms with van der Waals surface area (Å²) in [4.78, 5) is 5.58. The summed E-state index contributed by atoms with van der Waals surface area (Å²) in [5.74, 6) is -0.337. The topological polar surface area (TPSA) is 59.0 Å². The van der Waals surface area contributed by atoms with E-state index in [1.807, 2.05) is 12.1 Å². The Morgan fingerprint density at radius 3 is 2.63 bits per heavy atom. The molecule has 0 saturated carbocycles. The summed E-state index contributed by atoms with van der Waals surface area (Å²) in [6.07, 6.45) is 3.50. The molecule has 30 heavy (non-hydrogen) atoms. The summed E-state index contributed by atoms with van der Waals surface area (Å²) < 4.78 is 40.5. The maximum atomic E-state index is 13.2. The number of aryl methyl sites for hydroxylation is 1. The summed E-state index contributed by atoms with van der Waals surface area (Å²) in [6, 6.07) is 13.1. The quantitative estimate of drug-likeness (QED) is 0.429. The van der Waals surface area contributed by atoms with Crippen LogP contribution in [0.2, 0.25) is 0 Å². The SMILES string of the molecule is CCCCc1ccc(S(=O)(=O)N2CCC(=NOCc3cccc(F)c3)C(Cl)C2)cc1. The highest BCUT2D eigenvalue weighted by Gasteiger charge is 2.33. The van der Waals surface area contributed by atoms with Gasteiger partial charge in [-0.15, -0.1) is 11.6 Å².